The van der Waals surface area contributed by atoms with E-state index in [2.05, 4.69) is 4.98 Å². The molecule has 0 spiro atoms. The summed E-state index contributed by atoms with van der Waals surface area (Å²) in [6, 6.07) is 20.2. The molecular formula is C34H30ClN3O6. The number of ether oxygens (including phenoxy) is 3. The summed E-state index contributed by atoms with van der Waals surface area (Å²) in [5, 5.41) is 19.1. The van der Waals surface area contributed by atoms with E-state index in [1.807, 2.05) is 49.4 Å². The first-order valence-electron chi connectivity index (χ1n) is 14.0. The summed E-state index contributed by atoms with van der Waals surface area (Å²) >= 11 is 6.45. The second-order valence-corrected chi connectivity index (χ2v) is 10.8. The number of nitrogens with zero attached hydrogens (tertiary/aromatic N) is 3. The van der Waals surface area contributed by atoms with Crippen LogP contribution in [0.1, 0.15) is 39.0 Å². The Labute approximate surface area is 260 Å². The Morgan fingerprint density at radius 2 is 1.91 bits per heavy atom. The molecule has 0 unspecified atom stereocenters. The van der Waals surface area contributed by atoms with Gasteiger partial charge in [0.2, 0.25) is 0 Å². The molecule has 1 aliphatic rings. The number of likely N-dealkylation sites (tertiary alicyclic amines) is 1. The number of carbonyl (C=O) groups excluding carboxylic acids is 2. The maximum atomic E-state index is 12.4. The number of aldehydes is 1. The maximum absolute atomic E-state index is 12.4. The summed E-state index contributed by atoms with van der Waals surface area (Å²) in [6.07, 6.45) is 3.82. The summed E-state index contributed by atoms with van der Waals surface area (Å²) in [5.41, 5.74) is 5.18. The van der Waals surface area contributed by atoms with Crippen LogP contribution in [0.15, 0.2) is 73.1 Å². The van der Waals surface area contributed by atoms with Gasteiger partial charge < -0.3 is 24.2 Å². The Morgan fingerprint density at radius 1 is 1.09 bits per heavy atom. The first kappa shape index (κ1) is 30.5. The Balaban J connectivity index is 1.27. The van der Waals surface area contributed by atoms with Gasteiger partial charge >= 0.3 is 0 Å². The first-order valence-corrected chi connectivity index (χ1v) is 14.4. The molecule has 1 atom stereocenters. The summed E-state index contributed by atoms with van der Waals surface area (Å²) in [7, 11) is 0. The summed E-state index contributed by atoms with van der Waals surface area (Å²) < 4.78 is 17.8. The van der Waals surface area contributed by atoms with Crippen molar-refractivity contribution in [1.82, 2.24) is 9.88 Å². The predicted molar refractivity (Wildman–Crippen MR) is 164 cm³/mol. The van der Waals surface area contributed by atoms with Gasteiger partial charge in [0.05, 0.1) is 22.3 Å². The van der Waals surface area contributed by atoms with Gasteiger partial charge in [-0.2, -0.15) is 5.26 Å². The molecule has 0 bridgehead atoms. The molecule has 1 saturated heterocycles. The number of amides is 1. The van der Waals surface area contributed by atoms with Crippen molar-refractivity contribution in [2.45, 2.75) is 32.7 Å². The zero-order valence-corrected chi connectivity index (χ0v) is 24.8. The number of carbonyl (C=O) groups is 2. The van der Waals surface area contributed by atoms with Crippen molar-refractivity contribution in [2.75, 3.05) is 19.7 Å². The van der Waals surface area contributed by atoms with E-state index >= 15 is 0 Å². The Kier molecular flexibility index (Phi) is 9.75. The standard InChI is InChI=1S/C34H30ClN3O6/c1-22-26(5-3-7-30(22)25-4-2-6-29(11-25)42-21-34(41)38-9-8-28(40)17-38)20-44-33-13-32(27(18-39)12-31(33)35)43-19-24-10-23(14-36)15-37-16-24/h2-7,10-13,15-16,18,28,40H,8-9,17,19-21H2,1H3/t28-/m0/s1. The highest BCUT2D eigenvalue weighted by molar-refractivity contribution is 6.32. The maximum Gasteiger partial charge on any atom is 0.260 e. The van der Waals surface area contributed by atoms with Gasteiger partial charge in [0, 0.05) is 37.1 Å². The number of halogens is 1. The highest BCUT2D eigenvalue weighted by Crippen LogP contribution is 2.34. The SMILES string of the molecule is Cc1c(COc2cc(OCc3cncc(C#N)c3)c(C=O)cc2Cl)cccc1-c1cccc(OCC(=O)N2CC[C@H](O)C2)c1. The molecule has 5 rings (SSSR count). The molecule has 1 N–H and O–H groups in total. The molecule has 10 heteroatoms. The second-order valence-electron chi connectivity index (χ2n) is 10.4. The van der Waals surface area contributed by atoms with Crippen LogP contribution in [0.4, 0.5) is 0 Å². The number of aliphatic hydroxyl groups excluding tert-OH is 1. The van der Waals surface area contributed by atoms with Crippen LogP contribution in [0.2, 0.25) is 5.02 Å². The number of aliphatic hydroxyl groups is 1. The average Bonchev–Trinajstić information content (AvgIpc) is 3.49. The Bertz CT molecular complexity index is 1720. The first-order chi connectivity index (χ1) is 21.3. The lowest BCUT2D eigenvalue weighted by molar-refractivity contribution is -0.132. The fraction of sp³-hybridized carbons (Fsp3) is 0.235. The number of nitriles is 1. The topological polar surface area (TPSA) is 122 Å². The summed E-state index contributed by atoms with van der Waals surface area (Å²) in [4.78, 5) is 29.8. The summed E-state index contributed by atoms with van der Waals surface area (Å²) in [5.74, 6) is 1.07. The smallest absolute Gasteiger partial charge is 0.260 e. The van der Waals surface area contributed by atoms with Crippen molar-refractivity contribution in [3.63, 3.8) is 0 Å². The van der Waals surface area contributed by atoms with Crippen molar-refractivity contribution >= 4 is 23.8 Å². The normalized spacial score (nSPS) is 14.1. The fourth-order valence-electron chi connectivity index (χ4n) is 4.93. The molecule has 3 aromatic carbocycles. The van der Waals surface area contributed by atoms with Crippen LogP contribution in [0, 0.1) is 18.3 Å². The molecule has 4 aromatic rings. The van der Waals surface area contributed by atoms with Crippen LogP contribution in [0.25, 0.3) is 11.1 Å². The summed E-state index contributed by atoms with van der Waals surface area (Å²) in [6.45, 7) is 3.09. The molecule has 224 valence electrons. The van der Waals surface area contributed by atoms with Gasteiger partial charge in [-0.1, -0.05) is 41.9 Å². The number of benzene rings is 3. The third-order valence-corrected chi connectivity index (χ3v) is 7.66. The molecular weight excluding hydrogens is 582 g/mol. The van der Waals surface area contributed by atoms with E-state index in [4.69, 9.17) is 31.1 Å². The Morgan fingerprint density at radius 3 is 2.68 bits per heavy atom. The molecule has 44 heavy (non-hydrogen) atoms. The third kappa shape index (κ3) is 7.35. The molecule has 1 aromatic heterocycles. The Hall–Kier alpha value is -4.91. The minimum atomic E-state index is -0.472. The molecule has 0 aliphatic carbocycles. The molecule has 1 amide bonds. The highest BCUT2D eigenvalue weighted by atomic mass is 35.5. The number of hydrogen-bond acceptors (Lipinski definition) is 8. The van der Waals surface area contributed by atoms with Crippen LogP contribution in [0.5, 0.6) is 17.2 Å². The van der Waals surface area contributed by atoms with E-state index in [0.717, 1.165) is 22.3 Å². The molecule has 0 saturated carbocycles. The highest BCUT2D eigenvalue weighted by Gasteiger charge is 2.24. The molecule has 1 fully saturated rings. The fourth-order valence-corrected chi connectivity index (χ4v) is 5.16. The molecule has 1 aliphatic heterocycles. The van der Waals surface area contributed by atoms with Crippen molar-refractivity contribution in [1.29, 1.82) is 5.26 Å². The number of pyridine rings is 1. The monoisotopic (exact) mass is 611 g/mol. The van der Waals surface area contributed by atoms with Gasteiger partial charge in [-0.3, -0.25) is 14.6 Å². The van der Waals surface area contributed by atoms with E-state index in [1.165, 1.54) is 12.3 Å². The molecule has 9 nitrogen and oxygen atoms in total. The van der Waals surface area contributed by atoms with Crippen LogP contribution in [0.3, 0.4) is 0 Å². The average molecular weight is 612 g/mol. The van der Waals surface area contributed by atoms with Gasteiger partial charge in [0.25, 0.3) is 5.91 Å². The van der Waals surface area contributed by atoms with E-state index in [-0.39, 0.29) is 36.3 Å². The quantitative estimate of drug-likeness (QED) is 0.220. The number of rotatable bonds is 11. The lowest BCUT2D eigenvalue weighted by Gasteiger charge is -2.17. The minimum Gasteiger partial charge on any atom is -0.488 e. The van der Waals surface area contributed by atoms with E-state index < -0.39 is 6.10 Å². The van der Waals surface area contributed by atoms with Gasteiger partial charge in [0.15, 0.2) is 12.9 Å². The van der Waals surface area contributed by atoms with Gasteiger partial charge in [-0.15, -0.1) is 0 Å². The lowest BCUT2D eigenvalue weighted by atomic mass is 9.96. The zero-order valence-electron chi connectivity index (χ0n) is 24.0. The van der Waals surface area contributed by atoms with Crippen LogP contribution in [-0.4, -0.2) is 53.0 Å². The van der Waals surface area contributed by atoms with Crippen LogP contribution < -0.4 is 14.2 Å². The van der Waals surface area contributed by atoms with E-state index in [9.17, 15) is 14.7 Å². The van der Waals surface area contributed by atoms with Crippen molar-refractivity contribution in [3.8, 4) is 34.4 Å². The van der Waals surface area contributed by atoms with Gasteiger partial charge in [0.1, 0.15) is 36.5 Å². The number of β-amino-alcohol motifs (C(OH)–C–C–N with tert-alkyl or cyclic N) is 1. The third-order valence-electron chi connectivity index (χ3n) is 7.36. The number of hydrogen-bond donors (Lipinski definition) is 1. The van der Waals surface area contributed by atoms with Gasteiger partial charge in [-0.05, 0) is 59.9 Å². The number of aromatic nitrogens is 1. The van der Waals surface area contributed by atoms with Crippen molar-refractivity contribution in [2.24, 2.45) is 0 Å². The minimum absolute atomic E-state index is 0.0957. The van der Waals surface area contributed by atoms with Crippen molar-refractivity contribution in [3.05, 3.63) is 106 Å². The van der Waals surface area contributed by atoms with E-state index in [0.29, 0.717) is 54.2 Å². The lowest BCUT2D eigenvalue weighted by Crippen LogP contribution is -2.33. The molecule has 0 radical (unpaired) electrons. The molecule has 2 heterocycles. The second kappa shape index (κ2) is 14.0. The van der Waals surface area contributed by atoms with Crippen LogP contribution in [-0.2, 0) is 18.0 Å². The van der Waals surface area contributed by atoms with Crippen molar-refractivity contribution < 1.29 is 28.9 Å². The van der Waals surface area contributed by atoms with E-state index in [1.54, 1.807) is 29.3 Å². The van der Waals surface area contributed by atoms with Gasteiger partial charge in [-0.25, -0.2) is 0 Å². The zero-order chi connectivity index (χ0) is 31.1. The largest absolute Gasteiger partial charge is 0.488 e. The predicted octanol–water partition coefficient (Wildman–Crippen LogP) is 5.52. The van der Waals surface area contributed by atoms with Crippen LogP contribution >= 0.6 is 11.6 Å².